The molecule has 0 aliphatic heterocycles. The van der Waals surface area contributed by atoms with Crippen LogP contribution in [0.3, 0.4) is 0 Å². The molecular weight excluding hydrogens is 244 g/mol. The molecule has 1 aliphatic rings. The van der Waals surface area contributed by atoms with E-state index in [-0.39, 0.29) is 0 Å². The molecule has 1 heteroatoms. The first-order valence-corrected chi connectivity index (χ1v) is 6.77. The van der Waals surface area contributed by atoms with Crippen LogP contribution in [-0.4, -0.2) is 5.11 Å². The van der Waals surface area contributed by atoms with Gasteiger partial charge >= 0.3 is 0 Å². The summed E-state index contributed by atoms with van der Waals surface area (Å²) in [6.07, 6.45) is 2.54. The zero-order valence-electron chi connectivity index (χ0n) is 11.1. The Balaban J connectivity index is 2.34. The minimum atomic E-state index is 0.352. The molecule has 1 nitrogen and oxygen atoms in total. The zero-order chi connectivity index (χ0) is 13.7. The average molecular weight is 258 g/mol. The van der Waals surface area contributed by atoms with Crippen LogP contribution < -0.4 is 0 Å². The van der Waals surface area contributed by atoms with E-state index in [1.807, 2.05) is 6.08 Å². The van der Waals surface area contributed by atoms with Gasteiger partial charge in [-0.3, -0.25) is 0 Å². The number of aliphatic hydroxyl groups excluding tert-OH is 1. The van der Waals surface area contributed by atoms with Crippen molar-refractivity contribution in [2.45, 2.75) is 6.42 Å². The van der Waals surface area contributed by atoms with Crippen LogP contribution in [0.25, 0.3) is 32.9 Å². The fourth-order valence-corrected chi connectivity index (χ4v) is 3.03. The maximum Gasteiger partial charge on any atom is 0.120 e. The van der Waals surface area contributed by atoms with E-state index in [4.69, 9.17) is 0 Å². The minimum absolute atomic E-state index is 0.352. The van der Waals surface area contributed by atoms with Crippen LogP contribution in [0.5, 0.6) is 0 Å². The Hall–Kier alpha value is -2.54. The van der Waals surface area contributed by atoms with Gasteiger partial charge in [-0.2, -0.15) is 0 Å². The van der Waals surface area contributed by atoms with Crippen molar-refractivity contribution in [1.29, 1.82) is 0 Å². The third-order valence-corrected chi connectivity index (χ3v) is 4.08. The van der Waals surface area contributed by atoms with Crippen LogP contribution >= 0.6 is 0 Å². The topological polar surface area (TPSA) is 20.2 Å². The predicted molar refractivity (Wildman–Crippen MR) is 85.7 cm³/mol. The molecule has 6 aromatic carbocycles. The first-order valence-electron chi connectivity index (χ1n) is 6.77. The number of aliphatic hydroxyl groups is 1. The molecule has 0 amide bonds. The van der Waals surface area contributed by atoms with Crippen molar-refractivity contribution < 1.29 is 5.11 Å². The molecule has 0 radical (unpaired) electrons. The highest BCUT2D eigenvalue weighted by molar-refractivity contribution is 5.98. The van der Waals surface area contributed by atoms with E-state index in [2.05, 4.69) is 55.1 Å². The Morgan fingerprint density at radius 3 is 1.70 bits per heavy atom. The predicted octanol–water partition coefficient (Wildman–Crippen LogP) is 5.31. The highest BCUT2D eigenvalue weighted by Crippen LogP contribution is 2.36. The summed E-state index contributed by atoms with van der Waals surface area (Å²) in [5.74, 6) is 0.352. The summed E-state index contributed by atoms with van der Waals surface area (Å²) in [6.45, 7) is 4.18. The summed E-state index contributed by atoms with van der Waals surface area (Å²) < 4.78 is 0. The Bertz CT molecular complexity index is 860. The van der Waals surface area contributed by atoms with Crippen LogP contribution in [-0.2, 0) is 0 Å². The normalized spacial score (nSPS) is 14.4. The summed E-state index contributed by atoms with van der Waals surface area (Å²) in [4.78, 5) is 0. The molecule has 0 fully saturated rings. The molecule has 6 aromatic rings. The minimum Gasteiger partial charge on any atom is -0.508 e. The molecule has 96 valence electrons. The van der Waals surface area contributed by atoms with Crippen LogP contribution in [0.1, 0.15) is 17.5 Å². The second kappa shape index (κ2) is 3.97. The molecule has 0 atom stereocenters. The first-order chi connectivity index (χ1) is 9.74. The lowest BCUT2D eigenvalue weighted by Gasteiger charge is -2.18. The van der Waals surface area contributed by atoms with E-state index in [9.17, 15) is 5.11 Å². The monoisotopic (exact) mass is 258 g/mol. The van der Waals surface area contributed by atoms with Crippen LogP contribution in [0, 0.1) is 0 Å². The van der Waals surface area contributed by atoms with Gasteiger partial charge in [0.25, 0.3) is 0 Å². The van der Waals surface area contributed by atoms with Gasteiger partial charge in [0.2, 0.25) is 0 Å². The first kappa shape index (κ1) is 11.3. The molecule has 1 N–H and O–H groups in total. The van der Waals surface area contributed by atoms with E-state index >= 15 is 0 Å². The van der Waals surface area contributed by atoms with E-state index in [0.717, 1.165) is 27.5 Å². The van der Waals surface area contributed by atoms with Crippen LogP contribution in [0.4, 0.5) is 0 Å². The summed E-state index contributed by atoms with van der Waals surface area (Å²) in [5, 5.41) is 14.9. The van der Waals surface area contributed by atoms with Gasteiger partial charge < -0.3 is 5.11 Å². The largest absolute Gasteiger partial charge is 0.508 e. The van der Waals surface area contributed by atoms with E-state index < -0.39 is 0 Å². The fourth-order valence-electron chi connectivity index (χ4n) is 3.03. The van der Waals surface area contributed by atoms with E-state index in [1.165, 1.54) is 10.8 Å². The molecule has 0 aromatic heterocycles. The van der Waals surface area contributed by atoms with Crippen LogP contribution in [0.15, 0.2) is 61.2 Å². The number of allylic oxidation sites excluding steroid dienone is 2. The molecule has 0 saturated carbocycles. The van der Waals surface area contributed by atoms with Crippen molar-refractivity contribution >= 4 is 32.9 Å². The Labute approximate surface area is 117 Å². The van der Waals surface area contributed by atoms with Gasteiger partial charge in [0.15, 0.2) is 0 Å². The van der Waals surface area contributed by atoms with Crippen LogP contribution in [0.2, 0.25) is 0 Å². The molecule has 0 saturated heterocycles. The lowest BCUT2D eigenvalue weighted by molar-refractivity contribution is 0.510. The molecule has 0 unspecified atom stereocenters. The van der Waals surface area contributed by atoms with Gasteiger partial charge in [-0.25, -0.2) is 0 Å². The smallest absolute Gasteiger partial charge is 0.120 e. The molecule has 0 heterocycles. The van der Waals surface area contributed by atoms with Crippen molar-refractivity contribution in [3.05, 3.63) is 72.3 Å². The molecule has 0 spiro atoms. The zero-order valence-corrected chi connectivity index (χ0v) is 11.1. The summed E-state index contributed by atoms with van der Waals surface area (Å²) in [7, 11) is 0. The summed E-state index contributed by atoms with van der Waals surface area (Å²) in [5.41, 5.74) is 3.00. The van der Waals surface area contributed by atoms with Gasteiger partial charge in [-0.05, 0) is 45.2 Å². The number of hydrogen-bond donors (Lipinski definition) is 1. The van der Waals surface area contributed by atoms with Gasteiger partial charge in [-0.15, -0.1) is 0 Å². The number of benzene rings is 2. The molecule has 7 rings (SSSR count). The lowest BCUT2D eigenvalue weighted by atomic mass is 9.88. The van der Waals surface area contributed by atoms with Crippen molar-refractivity contribution in [3.63, 3.8) is 0 Å². The molecular formula is C19H14O. The van der Waals surface area contributed by atoms with E-state index in [0.29, 0.717) is 12.2 Å². The van der Waals surface area contributed by atoms with Crippen molar-refractivity contribution in [3.8, 4) is 0 Å². The Morgan fingerprint density at radius 1 is 0.700 bits per heavy atom. The SMILES string of the molecule is C=C1CC=C(O)c2c1c1ccc(cc1)c1ccc2cc1. The third-order valence-electron chi connectivity index (χ3n) is 4.08. The van der Waals surface area contributed by atoms with Crippen molar-refractivity contribution in [1.82, 2.24) is 0 Å². The maximum atomic E-state index is 10.3. The molecule has 4 bridgehead atoms. The van der Waals surface area contributed by atoms with Gasteiger partial charge in [-0.1, -0.05) is 55.1 Å². The highest BCUT2D eigenvalue weighted by atomic mass is 16.3. The second-order valence-corrected chi connectivity index (χ2v) is 5.30. The highest BCUT2D eigenvalue weighted by Gasteiger charge is 2.17. The van der Waals surface area contributed by atoms with Crippen molar-refractivity contribution in [2.24, 2.45) is 0 Å². The maximum absolute atomic E-state index is 10.3. The van der Waals surface area contributed by atoms with Gasteiger partial charge in [0, 0.05) is 5.56 Å². The third kappa shape index (κ3) is 1.50. The van der Waals surface area contributed by atoms with Gasteiger partial charge in [0.05, 0.1) is 0 Å². The summed E-state index contributed by atoms with van der Waals surface area (Å²) >= 11 is 0. The standard InChI is InChI=1S/C19H14O/c1-12-2-11-17(20)19-16-9-5-14(6-10-16)13-3-7-15(8-4-13)18(12)19/h3-11,20H,1-2H2. The lowest BCUT2D eigenvalue weighted by Crippen LogP contribution is -1.98. The fraction of sp³-hybridized carbons (Fsp3) is 0.0526. The molecule has 20 heavy (non-hydrogen) atoms. The van der Waals surface area contributed by atoms with Gasteiger partial charge in [0.1, 0.15) is 5.76 Å². The quantitative estimate of drug-likeness (QED) is 0.579. The Morgan fingerprint density at radius 2 is 1.15 bits per heavy atom. The summed E-state index contributed by atoms with van der Waals surface area (Å²) in [6, 6.07) is 16.8. The van der Waals surface area contributed by atoms with Crippen molar-refractivity contribution in [2.75, 3.05) is 0 Å². The average Bonchev–Trinajstić information content (AvgIpc) is 2.51. The Kier molecular flexibility index (Phi) is 2.25. The number of hydrogen-bond acceptors (Lipinski definition) is 1. The second-order valence-electron chi connectivity index (χ2n) is 5.30. The molecule has 1 aliphatic carbocycles. The van der Waals surface area contributed by atoms with E-state index in [1.54, 1.807) is 0 Å². The number of rotatable bonds is 0.